The fourth-order valence-electron chi connectivity index (χ4n) is 3.75. The van der Waals surface area contributed by atoms with Crippen molar-refractivity contribution >= 4 is 0 Å². The topological polar surface area (TPSA) is 62.4 Å². The summed E-state index contributed by atoms with van der Waals surface area (Å²) in [5.74, 6) is 1.52. The van der Waals surface area contributed by atoms with Crippen molar-refractivity contribution < 1.29 is 9.52 Å². The number of rotatable bonds is 5. The third-order valence-electron chi connectivity index (χ3n) is 5.31. The lowest BCUT2D eigenvalue weighted by Gasteiger charge is -2.33. The average Bonchev–Trinajstić information content (AvgIpc) is 3.17. The fourth-order valence-corrected chi connectivity index (χ4v) is 3.75. The molecule has 1 aliphatic heterocycles. The van der Waals surface area contributed by atoms with Crippen molar-refractivity contribution in [1.82, 2.24) is 15.1 Å². The first-order chi connectivity index (χ1) is 13.2. The van der Waals surface area contributed by atoms with E-state index in [1.54, 1.807) is 0 Å². The van der Waals surface area contributed by atoms with Gasteiger partial charge in [-0.05, 0) is 56.5 Å². The van der Waals surface area contributed by atoms with Gasteiger partial charge in [-0.25, -0.2) is 0 Å². The van der Waals surface area contributed by atoms with Gasteiger partial charge in [0.25, 0.3) is 0 Å². The maximum Gasteiger partial charge on any atom is 0.247 e. The van der Waals surface area contributed by atoms with Crippen LogP contribution in [0.2, 0.25) is 0 Å². The molecule has 1 fully saturated rings. The summed E-state index contributed by atoms with van der Waals surface area (Å²) in [7, 11) is 0. The molecule has 140 valence electrons. The summed E-state index contributed by atoms with van der Waals surface area (Å²) in [6.07, 6.45) is 1.55. The lowest BCUT2D eigenvalue weighted by molar-refractivity contribution is 0.0544. The van der Waals surface area contributed by atoms with E-state index in [0.717, 1.165) is 37.1 Å². The van der Waals surface area contributed by atoms with E-state index in [9.17, 15) is 5.11 Å². The number of piperidine rings is 1. The number of hydrogen-bond acceptors (Lipinski definition) is 5. The monoisotopic (exact) mass is 363 g/mol. The molecule has 1 atom stereocenters. The number of nitrogens with zero attached hydrogens (tertiary/aromatic N) is 3. The molecule has 0 spiro atoms. The van der Waals surface area contributed by atoms with Crippen LogP contribution in [0, 0.1) is 12.8 Å². The minimum atomic E-state index is -0.385. The quantitative estimate of drug-likeness (QED) is 0.743. The largest absolute Gasteiger partial charge is 0.419 e. The molecule has 1 N–H and O–H groups in total. The Bertz CT molecular complexity index is 870. The van der Waals surface area contributed by atoms with Crippen molar-refractivity contribution in [2.45, 2.75) is 32.4 Å². The highest BCUT2D eigenvalue weighted by atomic mass is 16.4. The predicted octanol–water partition coefficient (Wildman–Crippen LogP) is 3.99. The van der Waals surface area contributed by atoms with Crippen LogP contribution in [0.15, 0.2) is 59.0 Å². The zero-order chi connectivity index (χ0) is 18.6. The SMILES string of the molecule is Cc1cccc(-c2nnc(CN3CCC(C(O)c4ccccc4)CC3)o2)c1. The highest BCUT2D eigenvalue weighted by molar-refractivity contribution is 5.53. The Morgan fingerprint density at radius 2 is 1.85 bits per heavy atom. The summed E-state index contributed by atoms with van der Waals surface area (Å²) in [6, 6.07) is 18.0. The Balaban J connectivity index is 1.33. The molecule has 1 saturated heterocycles. The molecule has 0 amide bonds. The maximum atomic E-state index is 10.6. The average molecular weight is 363 g/mol. The van der Waals surface area contributed by atoms with Crippen LogP contribution < -0.4 is 0 Å². The maximum absolute atomic E-state index is 10.6. The van der Waals surface area contributed by atoms with Crippen molar-refractivity contribution in [3.05, 3.63) is 71.6 Å². The minimum Gasteiger partial charge on any atom is -0.419 e. The van der Waals surface area contributed by atoms with E-state index in [-0.39, 0.29) is 6.10 Å². The van der Waals surface area contributed by atoms with Crippen molar-refractivity contribution in [3.63, 3.8) is 0 Å². The van der Waals surface area contributed by atoms with Crippen LogP contribution in [0.3, 0.4) is 0 Å². The molecule has 0 aliphatic carbocycles. The Kier molecular flexibility index (Phi) is 5.32. The standard InChI is InChI=1S/C22H25N3O2/c1-16-6-5-9-19(14-16)22-24-23-20(27-22)15-25-12-10-18(11-13-25)21(26)17-7-3-2-4-8-17/h2-9,14,18,21,26H,10-13,15H2,1H3. The fraction of sp³-hybridized carbons (Fsp3) is 0.364. The third-order valence-corrected chi connectivity index (χ3v) is 5.31. The lowest BCUT2D eigenvalue weighted by atomic mass is 9.87. The first-order valence-corrected chi connectivity index (χ1v) is 9.54. The molecule has 27 heavy (non-hydrogen) atoms. The van der Waals surface area contributed by atoms with Crippen molar-refractivity contribution in [2.24, 2.45) is 5.92 Å². The van der Waals surface area contributed by atoms with Gasteiger partial charge >= 0.3 is 0 Å². The molecule has 0 saturated carbocycles. The van der Waals surface area contributed by atoms with Gasteiger partial charge in [0.2, 0.25) is 11.8 Å². The molecule has 0 bridgehead atoms. The Hall–Kier alpha value is -2.50. The number of aliphatic hydroxyl groups excluding tert-OH is 1. The predicted molar refractivity (Wildman–Crippen MR) is 104 cm³/mol. The molecule has 1 aromatic heterocycles. The molecule has 2 heterocycles. The minimum absolute atomic E-state index is 0.300. The molecule has 1 aliphatic rings. The molecule has 5 nitrogen and oxygen atoms in total. The van der Waals surface area contributed by atoms with Gasteiger partial charge in [-0.15, -0.1) is 10.2 Å². The highest BCUT2D eigenvalue weighted by Crippen LogP contribution is 2.31. The van der Waals surface area contributed by atoms with Gasteiger partial charge in [0.05, 0.1) is 12.6 Å². The van der Waals surface area contributed by atoms with Gasteiger partial charge in [0.1, 0.15) is 0 Å². The second kappa shape index (κ2) is 8.03. The van der Waals surface area contributed by atoms with Gasteiger partial charge in [0, 0.05) is 5.56 Å². The summed E-state index contributed by atoms with van der Waals surface area (Å²) < 4.78 is 5.86. The van der Waals surface area contributed by atoms with Gasteiger partial charge in [-0.2, -0.15) is 0 Å². The van der Waals surface area contributed by atoms with Crippen LogP contribution in [0.5, 0.6) is 0 Å². The molecular formula is C22H25N3O2. The number of aromatic nitrogens is 2. The normalized spacial score (nSPS) is 17.1. The molecule has 5 heteroatoms. The molecule has 3 aromatic rings. The van der Waals surface area contributed by atoms with E-state index >= 15 is 0 Å². The van der Waals surface area contributed by atoms with E-state index < -0.39 is 0 Å². The Labute approximate surface area is 159 Å². The molecule has 4 rings (SSSR count). The summed E-state index contributed by atoms with van der Waals surface area (Å²) in [6.45, 7) is 4.56. The van der Waals surface area contributed by atoms with E-state index in [2.05, 4.69) is 28.1 Å². The second-order valence-electron chi connectivity index (χ2n) is 7.34. The van der Waals surface area contributed by atoms with E-state index in [4.69, 9.17) is 4.42 Å². The van der Waals surface area contributed by atoms with Crippen LogP contribution in [-0.4, -0.2) is 33.3 Å². The van der Waals surface area contributed by atoms with Crippen LogP contribution in [0.25, 0.3) is 11.5 Å². The van der Waals surface area contributed by atoms with Gasteiger partial charge in [-0.1, -0.05) is 48.0 Å². The van der Waals surface area contributed by atoms with Crippen molar-refractivity contribution in [1.29, 1.82) is 0 Å². The van der Waals surface area contributed by atoms with Crippen LogP contribution in [0.1, 0.15) is 36.0 Å². The van der Waals surface area contributed by atoms with Crippen molar-refractivity contribution in [3.8, 4) is 11.5 Å². The molecule has 1 unspecified atom stereocenters. The first-order valence-electron chi connectivity index (χ1n) is 9.54. The third kappa shape index (κ3) is 4.26. The van der Waals surface area contributed by atoms with Crippen molar-refractivity contribution in [2.75, 3.05) is 13.1 Å². The lowest BCUT2D eigenvalue weighted by Crippen LogP contribution is -2.35. The van der Waals surface area contributed by atoms with Gasteiger partial charge < -0.3 is 9.52 Å². The summed E-state index contributed by atoms with van der Waals surface area (Å²) in [5.41, 5.74) is 3.14. The smallest absolute Gasteiger partial charge is 0.247 e. The van der Waals surface area contributed by atoms with Crippen LogP contribution in [0.4, 0.5) is 0 Å². The Morgan fingerprint density at radius 3 is 2.59 bits per heavy atom. The van der Waals surface area contributed by atoms with E-state index in [1.807, 2.05) is 48.5 Å². The van der Waals surface area contributed by atoms with Crippen LogP contribution >= 0.6 is 0 Å². The second-order valence-corrected chi connectivity index (χ2v) is 7.34. The summed E-state index contributed by atoms with van der Waals surface area (Å²) >= 11 is 0. The number of hydrogen-bond donors (Lipinski definition) is 1. The Morgan fingerprint density at radius 1 is 1.07 bits per heavy atom. The zero-order valence-corrected chi connectivity index (χ0v) is 15.6. The first kappa shape index (κ1) is 17.9. The number of aryl methyl sites for hydroxylation is 1. The molecule has 2 aromatic carbocycles. The van der Waals surface area contributed by atoms with Crippen LogP contribution in [-0.2, 0) is 6.54 Å². The number of aliphatic hydroxyl groups is 1. The highest BCUT2D eigenvalue weighted by Gasteiger charge is 2.27. The zero-order valence-electron chi connectivity index (χ0n) is 15.6. The molecule has 0 radical (unpaired) electrons. The summed E-state index contributed by atoms with van der Waals surface area (Å²) in [4.78, 5) is 2.32. The van der Waals surface area contributed by atoms with E-state index in [1.165, 1.54) is 5.56 Å². The number of benzene rings is 2. The van der Waals surface area contributed by atoms with E-state index in [0.29, 0.717) is 24.2 Å². The molecular weight excluding hydrogens is 338 g/mol. The number of likely N-dealkylation sites (tertiary alicyclic amines) is 1. The van der Waals surface area contributed by atoms with Gasteiger partial charge in [-0.3, -0.25) is 4.90 Å². The van der Waals surface area contributed by atoms with Gasteiger partial charge in [0.15, 0.2) is 0 Å². The summed E-state index contributed by atoms with van der Waals surface area (Å²) in [5, 5.41) is 19.0.